The van der Waals surface area contributed by atoms with E-state index >= 15 is 0 Å². The van der Waals surface area contributed by atoms with Crippen molar-refractivity contribution in [1.82, 2.24) is 0 Å². The Labute approximate surface area is 103 Å². The third-order valence-electron chi connectivity index (χ3n) is 2.30. The summed E-state index contributed by atoms with van der Waals surface area (Å²) in [5.74, 6) is -1.10. The van der Waals surface area contributed by atoms with Gasteiger partial charge in [0.05, 0.1) is 18.4 Å². The Morgan fingerprint density at radius 1 is 1.33 bits per heavy atom. The van der Waals surface area contributed by atoms with Gasteiger partial charge in [0.15, 0.2) is 0 Å². The minimum Gasteiger partial charge on any atom is -0.478 e. The fourth-order valence-corrected chi connectivity index (χ4v) is 1.52. The highest BCUT2D eigenvalue weighted by atomic mass is 19.1. The van der Waals surface area contributed by atoms with Gasteiger partial charge in [0.25, 0.3) is 0 Å². The van der Waals surface area contributed by atoms with Crippen LogP contribution in [-0.2, 0) is 18.0 Å². The molecule has 0 amide bonds. The Bertz CT molecular complexity index is 534. The molecule has 0 aliphatic carbocycles. The average molecular weight is 250 g/mol. The van der Waals surface area contributed by atoms with Gasteiger partial charge in [0.2, 0.25) is 0 Å². The molecule has 0 unspecified atom stereocenters. The van der Waals surface area contributed by atoms with E-state index < -0.39 is 11.8 Å². The zero-order valence-corrected chi connectivity index (χ0v) is 9.43. The molecular formula is C13H11FO4. The summed E-state index contributed by atoms with van der Waals surface area (Å²) < 4.78 is 23.5. The molecule has 0 spiro atoms. The van der Waals surface area contributed by atoms with Crippen molar-refractivity contribution in [2.45, 2.75) is 13.2 Å². The summed E-state index contributed by atoms with van der Waals surface area (Å²) in [6, 6.07) is 7.10. The lowest BCUT2D eigenvalue weighted by Gasteiger charge is -2.04. The van der Waals surface area contributed by atoms with Gasteiger partial charge < -0.3 is 14.3 Å². The molecule has 0 fully saturated rings. The summed E-state index contributed by atoms with van der Waals surface area (Å²) >= 11 is 0. The first-order chi connectivity index (χ1) is 8.65. The van der Waals surface area contributed by atoms with E-state index in [0.717, 1.165) is 6.07 Å². The van der Waals surface area contributed by atoms with Crippen molar-refractivity contribution in [3.63, 3.8) is 0 Å². The summed E-state index contributed by atoms with van der Waals surface area (Å²) in [7, 11) is 0. The van der Waals surface area contributed by atoms with Gasteiger partial charge in [-0.15, -0.1) is 0 Å². The third-order valence-corrected chi connectivity index (χ3v) is 2.30. The van der Waals surface area contributed by atoms with Crippen molar-refractivity contribution < 1.29 is 23.4 Å². The molecule has 1 heterocycles. The van der Waals surface area contributed by atoms with Crippen LogP contribution in [0.4, 0.5) is 4.39 Å². The number of hydrogen-bond acceptors (Lipinski definition) is 3. The molecule has 2 aromatic rings. The number of furan rings is 1. The van der Waals surface area contributed by atoms with Gasteiger partial charge in [0, 0.05) is 0 Å². The van der Waals surface area contributed by atoms with Crippen LogP contribution in [0, 0.1) is 5.82 Å². The number of ether oxygens (including phenoxy) is 1. The topological polar surface area (TPSA) is 59.7 Å². The Morgan fingerprint density at radius 2 is 2.17 bits per heavy atom. The van der Waals surface area contributed by atoms with Crippen LogP contribution >= 0.6 is 0 Å². The van der Waals surface area contributed by atoms with Crippen LogP contribution in [0.1, 0.15) is 21.7 Å². The molecule has 1 aromatic heterocycles. The Kier molecular flexibility index (Phi) is 3.74. The first kappa shape index (κ1) is 12.3. The number of carbonyl (C=O) groups is 1. The summed E-state index contributed by atoms with van der Waals surface area (Å²) in [6.45, 7) is 0.380. The minimum atomic E-state index is -1.17. The molecule has 1 aromatic carbocycles. The van der Waals surface area contributed by atoms with E-state index in [0.29, 0.717) is 11.3 Å². The van der Waals surface area contributed by atoms with E-state index in [1.165, 1.54) is 18.4 Å². The monoisotopic (exact) mass is 250 g/mol. The van der Waals surface area contributed by atoms with Crippen molar-refractivity contribution in [1.29, 1.82) is 0 Å². The van der Waals surface area contributed by atoms with Crippen LogP contribution in [-0.4, -0.2) is 11.1 Å². The Morgan fingerprint density at radius 3 is 2.83 bits per heavy atom. The SMILES string of the molecule is O=C(O)c1cc(F)cc(COCc2ccco2)c1. The molecule has 0 atom stereocenters. The predicted molar refractivity (Wildman–Crippen MR) is 60.6 cm³/mol. The molecule has 18 heavy (non-hydrogen) atoms. The minimum absolute atomic E-state index is 0.0911. The van der Waals surface area contributed by atoms with E-state index in [-0.39, 0.29) is 18.8 Å². The molecule has 94 valence electrons. The number of benzene rings is 1. The number of aromatic carboxylic acids is 1. The quantitative estimate of drug-likeness (QED) is 0.886. The van der Waals surface area contributed by atoms with Crippen molar-refractivity contribution in [2.24, 2.45) is 0 Å². The number of hydrogen-bond donors (Lipinski definition) is 1. The van der Waals surface area contributed by atoms with Gasteiger partial charge in [-0.25, -0.2) is 9.18 Å². The predicted octanol–water partition coefficient (Wildman–Crippen LogP) is 2.83. The lowest BCUT2D eigenvalue weighted by Crippen LogP contribution is -2.00. The summed E-state index contributed by atoms with van der Waals surface area (Å²) in [6.07, 6.45) is 1.53. The first-order valence-electron chi connectivity index (χ1n) is 5.28. The molecule has 0 saturated carbocycles. The summed E-state index contributed by atoms with van der Waals surface area (Å²) in [5.41, 5.74) is 0.380. The first-order valence-corrected chi connectivity index (χ1v) is 5.28. The van der Waals surface area contributed by atoms with E-state index in [1.54, 1.807) is 12.1 Å². The molecule has 4 nitrogen and oxygen atoms in total. The van der Waals surface area contributed by atoms with Crippen molar-refractivity contribution in [3.8, 4) is 0 Å². The second kappa shape index (κ2) is 5.46. The van der Waals surface area contributed by atoms with Gasteiger partial charge >= 0.3 is 5.97 Å². The largest absolute Gasteiger partial charge is 0.478 e. The lowest BCUT2D eigenvalue weighted by atomic mass is 10.1. The highest BCUT2D eigenvalue weighted by Crippen LogP contribution is 2.12. The summed E-state index contributed by atoms with van der Waals surface area (Å²) in [4.78, 5) is 10.7. The average Bonchev–Trinajstić information content (AvgIpc) is 2.81. The zero-order valence-electron chi connectivity index (χ0n) is 9.43. The molecule has 1 N–H and O–H groups in total. The van der Waals surface area contributed by atoms with Gasteiger partial charge in [-0.3, -0.25) is 0 Å². The maximum Gasteiger partial charge on any atom is 0.335 e. The van der Waals surface area contributed by atoms with Gasteiger partial charge in [-0.05, 0) is 35.9 Å². The smallest absolute Gasteiger partial charge is 0.335 e. The van der Waals surface area contributed by atoms with Crippen LogP contribution in [0.5, 0.6) is 0 Å². The standard InChI is InChI=1S/C13H11FO4/c14-11-5-9(4-10(6-11)13(15)16)7-17-8-12-2-1-3-18-12/h1-6H,7-8H2,(H,15,16). The van der Waals surface area contributed by atoms with Crippen molar-refractivity contribution in [2.75, 3.05) is 0 Å². The van der Waals surface area contributed by atoms with Gasteiger partial charge in [-0.2, -0.15) is 0 Å². The Hall–Kier alpha value is -2.14. The highest BCUT2D eigenvalue weighted by molar-refractivity contribution is 5.87. The maximum absolute atomic E-state index is 13.2. The van der Waals surface area contributed by atoms with Crippen LogP contribution in [0.15, 0.2) is 41.0 Å². The normalized spacial score (nSPS) is 10.5. The molecule has 5 heteroatoms. The fraction of sp³-hybridized carbons (Fsp3) is 0.154. The molecule has 0 saturated heterocycles. The van der Waals surface area contributed by atoms with Crippen molar-refractivity contribution in [3.05, 3.63) is 59.3 Å². The molecule has 0 radical (unpaired) electrons. The highest BCUT2D eigenvalue weighted by Gasteiger charge is 2.07. The second-order valence-corrected chi connectivity index (χ2v) is 3.73. The Balaban J connectivity index is 1.98. The van der Waals surface area contributed by atoms with Crippen molar-refractivity contribution >= 4 is 5.97 Å². The molecule has 0 aliphatic rings. The fourth-order valence-electron chi connectivity index (χ4n) is 1.52. The second-order valence-electron chi connectivity index (χ2n) is 3.73. The molecule has 0 aliphatic heterocycles. The number of carboxylic acids is 1. The van der Waals surface area contributed by atoms with Crippen LogP contribution in [0.25, 0.3) is 0 Å². The van der Waals surface area contributed by atoms with E-state index in [4.69, 9.17) is 14.3 Å². The van der Waals surface area contributed by atoms with Crippen LogP contribution in [0.3, 0.4) is 0 Å². The van der Waals surface area contributed by atoms with Gasteiger partial charge in [0.1, 0.15) is 18.2 Å². The molecule has 0 bridgehead atoms. The molecule has 2 rings (SSSR count). The van der Waals surface area contributed by atoms with E-state index in [2.05, 4.69) is 0 Å². The third kappa shape index (κ3) is 3.18. The van der Waals surface area contributed by atoms with E-state index in [9.17, 15) is 9.18 Å². The maximum atomic E-state index is 13.2. The van der Waals surface area contributed by atoms with Crippen LogP contribution in [0.2, 0.25) is 0 Å². The lowest BCUT2D eigenvalue weighted by molar-refractivity contribution is 0.0695. The summed E-state index contributed by atoms with van der Waals surface area (Å²) in [5, 5.41) is 8.79. The van der Waals surface area contributed by atoms with E-state index in [1.807, 2.05) is 0 Å². The van der Waals surface area contributed by atoms with Gasteiger partial charge in [-0.1, -0.05) is 0 Å². The number of rotatable bonds is 5. The zero-order chi connectivity index (χ0) is 13.0. The number of carboxylic acid groups (broad SMARTS) is 1. The number of halogens is 1. The van der Waals surface area contributed by atoms with Crippen LogP contribution < -0.4 is 0 Å². The molecular weight excluding hydrogens is 239 g/mol.